The molecule has 0 fully saturated rings. The summed E-state index contributed by atoms with van der Waals surface area (Å²) in [5.74, 6) is 0.754. The molecule has 1 aromatic rings. The molecule has 0 atom stereocenters. The number of anilines is 1. The van der Waals surface area contributed by atoms with Crippen molar-refractivity contribution in [3.8, 4) is 6.07 Å². The van der Waals surface area contributed by atoms with Gasteiger partial charge in [0.2, 0.25) is 0 Å². The molecule has 0 aliphatic rings. The molecule has 0 spiro atoms. The monoisotopic (exact) mass is 148 g/mol. The van der Waals surface area contributed by atoms with E-state index in [2.05, 4.69) is 10.2 Å². The van der Waals surface area contributed by atoms with E-state index in [9.17, 15) is 0 Å². The Morgan fingerprint density at radius 1 is 1.36 bits per heavy atom. The van der Waals surface area contributed by atoms with E-state index in [1.165, 1.54) is 0 Å². The summed E-state index contributed by atoms with van der Waals surface area (Å²) < 4.78 is 0. The summed E-state index contributed by atoms with van der Waals surface area (Å²) in [5, 5.41) is 15.9. The second kappa shape index (κ2) is 2.97. The summed E-state index contributed by atoms with van der Waals surface area (Å²) in [6, 6.07) is 5.30. The van der Waals surface area contributed by atoms with Crippen LogP contribution in [0.1, 0.15) is 5.69 Å². The highest BCUT2D eigenvalue weighted by Crippen LogP contribution is 2.03. The van der Waals surface area contributed by atoms with E-state index in [4.69, 9.17) is 5.26 Å². The van der Waals surface area contributed by atoms with Gasteiger partial charge in [0.15, 0.2) is 11.5 Å². The number of rotatable bonds is 1. The fraction of sp³-hybridized carbons (Fsp3) is 0.286. The Labute approximate surface area is 65.1 Å². The Morgan fingerprint density at radius 3 is 2.45 bits per heavy atom. The molecule has 0 aliphatic carbocycles. The van der Waals surface area contributed by atoms with Gasteiger partial charge < -0.3 is 4.90 Å². The van der Waals surface area contributed by atoms with Crippen LogP contribution in [0.4, 0.5) is 5.82 Å². The lowest BCUT2D eigenvalue weighted by molar-refractivity contribution is 0.952. The summed E-state index contributed by atoms with van der Waals surface area (Å²) in [5.41, 5.74) is 0.343. The molecule has 1 aromatic heterocycles. The van der Waals surface area contributed by atoms with Gasteiger partial charge >= 0.3 is 0 Å². The number of nitrogens with zero attached hydrogens (tertiary/aromatic N) is 4. The lowest BCUT2D eigenvalue weighted by Crippen LogP contribution is -2.11. The van der Waals surface area contributed by atoms with Crippen LogP contribution in [0.2, 0.25) is 0 Å². The predicted molar refractivity (Wildman–Crippen MR) is 41.1 cm³/mol. The molecule has 0 aromatic carbocycles. The smallest absolute Gasteiger partial charge is 0.163 e. The standard InChI is InChI=1S/C7H8N4/c1-11(2)7-4-3-6(5-8)9-10-7/h3-4H,1-2H3. The normalized spacial score (nSPS) is 8.82. The van der Waals surface area contributed by atoms with Crippen molar-refractivity contribution in [3.63, 3.8) is 0 Å². The van der Waals surface area contributed by atoms with Crippen LogP contribution >= 0.6 is 0 Å². The molecule has 1 heterocycles. The van der Waals surface area contributed by atoms with Crippen LogP contribution in [0.25, 0.3) is 0 Å². The third kappa shape index (κ3) is 1.64. The Balaban J connectivity index is 2.94. The van der Waals surface area contributed by atoms with Crippen molar-refractivity contribution in [1.82, 2.24) is 10.2 Å². The molecule has 0 amide bonds. The molecule has 0 saturated heterocycles. The van der Waals surface area contributed by atoms with E-state index in [0.717, 1.165) is 5.82 Å². The van der Waals surface area contributed by atoms with Crippen molar-refractivity contribution in [2.75, 3.05) is 19.0 Å². The van der Waals surface area contributed by atoms with E-state index in [-0.39, 0.29) is 0 Å². The molecule has 0 radical (unpaired) electrons. The van der Waals surface area contributed by atoms with Crippen molar-refractivity contribution >= 4 is 5.82 Å². The highest BCUT2D eigenvalue weighted by Gasteiger charge is 1.96. The fourth-order valence-electron chi connectivity index (χ4n) is 0.623. The molecule has 0 bridgehead atoms. The lowest BCUT2D eigenvalue weighted by Gasteiger charge is -2.08. The topological polar surface area (TPSA) is 52.8 Å². The van der Waals surface area contributed by atoms with Gasteiger partial charge in [-0.2, -0.15) is 5.26 Å². The largest absolute Gasteiger partial charge is 0.361 e. The number of hydrogen-bond donors (Lipinski definition) is 0. The first-order valence-corrected chi connectivity index (χ1v) is 3.15. The molecule has 4 nitrogen and oxygen atoms in total. The van der Waals surface area contributed by atoms with Gasteiger partial charge in [-0.3, -0.25) is 0 Å². The van der Waals surface area contributed by atoms with Crippen molar-refractivity contribution in [2.24, 2.45) is 0 Å². The fourth-order valence-corrected chi connectivity index (χ4v) is 0.623. The van der Waals surface area contributed by atoms with Crippen LogP contribution in [-0.2, 0) is 0 Å². The van der Waals surface area contributed by atoms with E-state index in [1.54, 1.807) is 12.1 Å². The van der Waals surface area contributed by atoms with Gasteiger partial charge in [-0.05, 0) is 12.1 Å². The summed E-state index contributed by atoms with van der Waals surface area (Å²) in [4.78, 5) is 1.83. The Hall–Kier alpha value is -1.63. The molecule has 0 N–H and O–H groups in total. The summed E-state index contributed by atoms with van der Waals surface area (Å²) in [6.07, 6.45) is 0. The molecular weight excluding hydrogens is 140 g/mol. The summed E-state index contributed by atoms with van der Waals surface area (Å²) in [7, 11) is 3.74. The molecule has 56 valence electrons. The van der Waals surface area contributed by atoms with Gasteiger partial charge in [-0.15, -0.1) is 10.2 Å². The average Bonchev–Trinajstić information content (AvgIpc) is 2.05. The van der Waals surface area contributed by atoms with Crippen LogP contribution in [0.5, 0.6) is 0 Å². The van der Waals surface area contributed by atoms with E-state index in [1.807, 2.05) is 25.1 Å². The van der Waals surface area contributed by atoms with E-state index >= 15 is 0 Å². The third-order valence-electron chi connectivity index (χ3n) is 1.22. The molecule has 0 aliphatic heterocycles. The first-order chi connectivity index (χ1) is 5.24. The van der Waals surface area contributed by atoms with Gasteiger partial charge in [-0.1, -0.05) is 0 Å². The number of hydrogen-bond acceptors (Lipinski definition) is 4. The van der Waals surface area contributed by atoms with Gasteiger partial charge in [0.1, 0.15) is 6.07 Å². The third-order valence-corrected chi connectivity index (χ3v) is 1.22. The van der Waals surface area contributed by atoms with Gasteiger partial charge in [0.05, 0.1) is 0 Å². The first kappa shape index (κ1) is 7.48. The molecule has 0 unspecified atom stereocenters. The minimum absolute atomic E-state index is 0.343. The van der Waals surface area contributed by atoms with E-state index in [0.29, 0.717) is 5.69 Å². The molecule has 0 saturated carbocycles. The molecule has 1 rings (SSSR count). The maximum atomic E-state index is 8.40. The highest BCUT2D eigenvalue weighted by atomic mass is 15.2. The number of nitriles is 1. The van der Waals surface area contributed by atoms with Crippen molar-refractivity contribution in [3.05, 3.63) is 17.8 Å². The quantitative estimate of drug-likeness (QED) is 0.579. The first-order valence-electron chi connectivity index (χ1n) is 3.15. The highest BCUT2D eigenvalue weighted by molar-refractivity contribution is 5.36. The van der Waals surface area contributed by atoms with Crippen LogP contribution in [0, 0.1) is 11.3 Å². The molecule has 11 heavy (non-hydrogen) atoms. The van der Waals surface area contributed by atoms with Crippen LogP contribution < -0.4 is 4.90 Å². The van der Waals surface area contributed by atoms with Crippen LogP contribution in [-0.4, -0.2) is 24.3 Å². The minimum atomic E-state index is 0.343. The Bertz CT molecular complexity index is 269. The maximum absolute atomic E-state index is 8.40. The second-order valence-electron chi connectivity index (χ2n) is 2.28. The van der Waals surface area contributed by atoms with E-state index < -0.39 is 0 Å². The maximum Gasteiger partial charge on any atom is 0.163 e. The van der Waals surface area contributed by atoms with Gasteiger partial charge in [0, 0.05) is 14.1 Å². The second-order valence-corrected chi connectivity index (χ2v) is 2.28. The zero-order valence-corrected chi connectivity index (χ0v) is 6.44. The van der Waals surface area contributed by atoms with Crippen molar-refractivity contribution in [1.29, 1.82) is 5.26 Å². The lowest BCUT2D eigenvalue weighted by atomic mass is 10.4. The average molecular weight is 148 g/mol. The van der Waals surface area contributed by atoms with Crippen molar-refractivity contribution < 1.29 is 0 Å². The Kier molecular flexibility index (Phi) is 2.02. The molecular formula is C7H8N4. The number of aromatic nitrogens is 2. The van der Waals surface area contributed by atoms with Crippen molar-refractivity contribution in [2.45, 2.75) is 0 Å². The zero-order chi connectivity index (χ0) is 8.27. The van der Waals surface area contributed by atoms with Crippen LogP contribution in [0.15, 0.2) is 12.1 Å². The summed E-state index contributed by atoms with van der Waals surface area (Å²) in [6.45, 7) is 0. The van der Waals surface area contributed by atoms with Gasteiger partial charge in [-0.25, -0.2) is 0 Å². The predicted octanol–water partition coefficient (Wildman–Crippen LogP) is 0.414. The zero-order valence-electron chi connectivity index (χ0n) is 6.44. The summed E-state index contributed by atoms with van der Waals surface area (Å²) >= 11 is 0. The SMILES string of the molecule is CN(C)c1ccc(C#N)nn1. The molecule has 4 heteroatoms. The van der Waals surface area contributed by atoms with Gasteiger partial charge in [0.25, 0.3) is 0 Å². The Morgan fingerprint density at radius 2 is 2.09 bits per heavy atom. The minimum Gasteiger partial charge on any atom is -0.361 e. The van der Waals surface area contributed by atoms with Crippen LogP contribution in [0.3, 0.4) is 0 Å².